The van der Waals surface area contributed by atoms with Crippen LogP contribution >= 0.6 is 0 Å². The molecule has 2 aliphatic heterocycles. The number of hydrogen-bond donors (Lipinski definition) is 3. The molecular formula is C17H22N4O4. The quantitative estimate of drug-likeness (QED) is 0.301. The van der Waals surface area contributed by atoms with Crippen LogP contribution in [0.25, 0.3) is 0 Å². The Bertz CT molecular complexity index is 720. The summed E-state index contributed by atoms with van der Waals surface area (Å²) >= 11 is 0. The van der Waals surface area contributed by atoms with Crippen molar-refractivity contribution in [2.75, 3.05) is 25.1 Å². The first-order chi connectivity index (χ1) is 12.0. The van der Waals surface area contributed by atoms with Crippen LogP contribution in [0.4, 0.5) is 5.69 Å². The molecule has 25 heavy (non-hydrogen) atoms. The molecule has 0 aliphatic carbocycles. The van der Waals surface area contributed by atoms with Crippen molar-refractivity contribution in [2.24, 2.45) is 11.6 Å². The Labute approximate surface area is 145 Å². The number of anilines is 1. The van der Waals surface area contributed by atoms with E-state index in [-0.39, 0.29) is 24.3 Å². The Morgan fingerprint density at radius 1 is 1.52 bits per heavy atom. The van der Waals surface area contributed by atoms with Gasteiger partial charge in [-0.05, 0) is 25.0 Å². The molecule has 8 heteroatoms. The summed E-state index contributed by atoms with van der Waals surface area (Å²) in [7, 11) is 0. The van der Waals surface area contributed by atoms with Gasteiger partial charge >= 0.3 is 5.97 Å². The van der Waals surface area contributed by atoms with E-state index in [1.807, 2.05) is 24.3 Å². The highest BCUT2D eigenvalue weighted by molar-refractivity contribution is 6.06. The molecule has 1 fully saturated rings. The lowest BCUT2D eigenvalue weighted by Gasteiger charge is -2.21. The second-order valence-electron chi connectivity index (χ2n) is 6.22. The number of rotatable bonds is 5. The van der Waals surface area contributed by atoms with Crippen LogP contribution in [0, 0.1) is 0 Å². The third-order valence-corrected chi connectivity index (χ3v) is 4.50. The van der Waals surface area contributed by atoms with Crippen molar-refractivity contribution < 1.29 is 19.1 Å². The molecule has 134 valence electrons. The largest absolute Gasteiger partial charge is 0.461 e. The van der Waals surface area contributed by atoms with Gasteiger partial charge in [-0.1, -0.05) is 18.2 Å². The number of nitrogens with two attached hydrogens (primary N) is 2. The Kier molecular flexibility index (Phi) is 4.65. The zero-order valence-corrected chi connectivity index (χ0v) is 14.0. The van der Waals surface area contributed by atoms with Crippen molar-refractivity contribution in [3.63, 3.8) is 0 Å². The fourth-order valence-corrected chi connectivity index (χ4v) is 3.34. The summed E-state index contributed by atoms with van der Waals surface area (Å²) in [5.74, 6) is 5.22. The molecule has 5 N–H and O–H groups in total. The van der Waals surface area contributed by atoms with Gasteiger partial charge in [-0.3, -0.25) is 4.79 Å². The van der Waals surface area contributed by atoms with Crippen molar-refractivity contribution in [2.45, 2.75) is 24.9 Å². The zero-order valence-electron chi connectivity index (χ0n) is 14.0. The summed E-state index contributed by atoms with van der Waals surface area (Å²) in [6.07, 6.45) is 1.57. The zero-order chi connectivity index (χ0) is 18.0. The second-order valence-corrected chi connectivity index (χ2v) is 6.22. The third kappa shape index (κ3) is 3.18. The Balaban J connectivity index is 1.67. The van der Waals surface area contributed by atoms with Crippen molar-refractivity contribution in [1.29, 1.82) is 0 Å². The second kappa shape index (κ2) is 6.73. The molecule has 0 radical (unpaired) electrons. The highest BCUT2D eigenvalue weighted by atomic mass is 16.5. The van der Waals surface area contributed by atoms with Crippen LogP contribution in [0.15, 0.2) is 36.2 Å². The molecule has 3 rings (SSSR count). The molecule has 0 bridgehead atoms. The maximum absolute atomic E-state index is 12.5. The average molecular weight is 346 g/mol. The summed E-state index contributed by atoms with van der Waals surface area (Å²) in [4.78, 5) is 24.0. The summed E-state index contributed by atoms with van der Waals surface area (Å²) in [5, 5.41) is 4.19. The molecule has 1 aromatic carbocycles. The summed E-state index contributed by atoms with van der Waals surface area (Å²) in [6.45, 7) is 2.53. The van der Waals surface area contributed by atoms with Crippen LogP contribution in [-0.4, -0.2) is 42.7 Å². The molecular weight excluding hydrogens is 324 g/mol. The molecule has 2 atom stereocenters. The van der Waals surface area contributed by atoms with E-state index in [0.717, 1.165) is 11.3 Å². The van der Waals surface area contributed by atoms with Gasteiger partial charge in [-0.15, -0.1) is 0 Å². The van der Waals surface area contributed by atoms with Gasteiger partial charge in [0.1, 0.15) is 11.1 Å². The SMILES string of the molecule is CCOC(=O)/C(N)=C/N(N)CC1CC2(CO1)C(=O)Nc1ccccc12. The molecule has 8 nitrogen and oxygen atoms in total. The van der Waals surface area contributed by atoms with Gasteiger partial charge in [-0.25, -0.2) is 10.6 Å². The van der Waals surface area contributed by atoms with Crippen LogP contribution in [0.2, 0.25) is 0 Å². The predicted molar refractivity (Wildman–Crippen MR) is 90.9 cm³/mol. The van der Waals surface area contributed by atoms with Crippen molar-refractivity contribution in [1.82, 2.24) is 5.01 Å². The van der Waals surface area contributed by atoms with E-state index in [0.29, 0.717) is 19.6 Å². The number of carbonyl (C=O) groups excluding carboxylic acids is 2. The van der Waals surface area contributed by atoms with Crippen LogP contribution in [0.1, 0.15) is 18.9 Å². The molecule has 2 heterocycles. The van der Waals surface area contributed by atoms with Gasteiger partial charge in [0.25, 0.3) is 0 Å². The maximum Gasteiger partial charge on any atom is 0.355 e. The van der Waals surface area contributed by atoms with Gasteiger partial charge in [0.2, 0.25) is 5.91 Å². The number of ether oxygens (including phenoxy) is 2. The standard InChI is InChI=1S/C17H22N4O4/c1-2-24-15(22)13(18)9-21(19)8-11-7-17(10-25-11)12-5-3-4-6-14(12)20-16(17)23/h3-6,9,11H,2,7-8,10,18-19H2,1H3,(H,20,23)/b13-9-. The minimum absolute atomic E-state index is 0.0543. The number of fused-ring (bicyclic) bond motifs is 2. The summed E-state index contributed by atoms with van der Waals surface area (Å²) in [5.41, 5.74) is 6.65. The minimum Gasteiger partial charge on any atom is -0.461 e. The van der Waals surface area contributed by atoms with Crippen LogP contribution < -0.4 is 16.9 Å². The molecule has 0 saturated carbocycles. The minimum atomic E-state index is -0.682. The van der Waals surface area contributed by atoms with Crippen LogP contribution in [-0.2, 0) is 24.5 Å². The van der Waals surface area contributed by atoms with E-state index in [1.54, 1.807) is 6.92 Å². The van der Waals surface area contributed by atoms with Crippen molar-refractivity contribution >= 4 is 17.6 Å². The van der Waals surface area contributed by atoms with Gasteiger partial charge < -0.3 is 25.5 Å². The lowest BCUT2D eigenvalue weighted by atomic mass is 9.79. The predicted octanol–water partition coefficient (Wildman–Crippen LogP) is 0.204. The van der Waals surface area contributed by atoms with Crippen LogP contribution in [0.5, 0.6) is 0 Å². The van der Waals surface area contributed by atoms with Gasteiger partial charge in [-0.2, -0.15) is 0 Å². The third-order valence-electron chi connectivity index (χ3n) is 4.50. The monoisotopic (exact) mass is 346 g/mol. The Hall–Kier alpha value is -2.58. The average Bonchev–Trinajstić information content (AvgIpc) is 3.11. The fourth-order valence-electron chi connectivity index (χ4n) is 3.34. The van der Waals surface area contributed by atoms with Gasteiger partial charge in [0.05, 0.1) is 25.9 Å². The summed E-state index contributed by atoms with van der Waals surface area (Å²) in [6, 6.07) is 7.62. The molecule has 2 aliphatic rings. The lowest BCUT2D eigenvalue weighted by molar-refractivity contribution is -0.138. The number of carbonyl (C=O) groups is 2. The van der Waals surface area contributed by atoms with E-state index in [4.69, 9.17) is 21.1 Å². The first-order valence-corrected chi connectivity index (χ1v) is 8.14. The fraction of sp³-hybridized carbons (Fsp3) is 0.412. The smallest absolute Gasteiger partial charge is 0.355 e. The number of nitrogens with zero attached hydrogens (tertiary/aromatic N) is 1. The molecule has 1 spiro atoms. The Morgan fingerprint density at radius 3 is 3.04 bits per heavy atom. The van der Waals surface area contributed by atoms with Crippen molar-refractivity contribution in [3.05, 3.63) is 41.7 Å². The maximum atomic E-state index is 12.5. The van der Waals surface area contributed by atoms with E-state index < -0.39 is 11.4 Å². The van der Waals surface area contributed by atoms with E-state index in [2.05, 4.69) is 5.32 Å². The number of hydrogen-bond acceptors (Lipinski definition) is 7. The van der Waals surface area contributed by atoms with E-state index in [1.165, 1.54) is 11.2 Å². The highest BCUT2D eigenvalue weighted by Gasteiger charge is 2.52. The van der Waals surface area contributed by atoms with Crippen molar-refractivity contribution in [3.8, 4) is 0 Å². The van der Waals surface area contributed by atoms with E-state index in [9.17, 15) is 9.59 Å². The summed E-state index contributed by atoms with van der Waals surface area (Å²) < 4.78 is 10.6. The lowest BCUT2D eigenvalue weighted by Crippen LogP contribution is -2.38. The molecule has 2 unspecified atom stereocenters. The van der Waals surface area contributed by atoms with Gasteiger partial charge in [0.15, 0.2) is 0 Å². The number of benzene rings is 1. The first kappa shape index (κ1) is 17.2. The first-order valence-electron chi connectivity index (χ1n) is 8.14. The number of nitrogens with one attached hydrogen (secondary N) is 1. The number of hydrazine groups is 1. The number of para-hydroxylation sites is 1. The number of esters is 1. The highest BCUT2D eigenvalue weighted by Crippen LogP contribution is 2.45. The van der Waals surface area contributed by atoms with Crippen LogP contribution in [0.3, 0.4) is 0 Å². The Morgan fingerprint density at radius 2 is 2.28 bits per heavy atom. The molecule has 1 saturated heterocycles. The van der Waals surface area contributed by atoms with Gasteiger partial charge in [0, 0.05) is 11.9 Å². The molecule has 1 aromatic rings. The number of amides is 1. The topological polar surface area (TPSA) is 120 Å². The molecule has 0 aromatic heterocycles. The van der Waals surface area contributed by atoms with E-state index >= 15 is 0 Å². The molecule has 1 amide bonds. The normalized spacial score (nSPS) is 25.0.